The molecule has 2 aromatic heterocycles. The molecule has 0 saturated carbocycles. The van der Waals surface area contributed by atoms with Crippen molar-refractivity contribution < 1.29 is 0 Å². The molecule has 0 aliphatic carbocycles. The highest BCUT2D eigenvalue weighted by Gasteiger charge is 2.06. The third kappa shape index (κ3) is 1.12. The van der Waals surface area contributed by atoms with E-state index < -0.39 is 0 Å². The lowest BCUT2D eigenvalue weighted by Crippen LogP contribution is -1.98. The van der Waals surface area contributed by atoms with E-state index >= 15 is 0 Å². The monoisotopic (exact) mass is 244 g/mol. The molecule has 0 atom stereocenters. The van der Waals surface area contributed by atoms with Gasteiger partial charge in [0.15, 0.2) is 0 Å². The van der Waals surface area contributed by atoms with Gasteiger partial charge in [-0.05, 0) is 22.0 Å². The van der Waals surface area contributed by atoms with Gasteiger partial charge in [0.25, 0.3) is 0 Å². The zero-order chi connectivity index (χ0) is 8.72. The van der Waals surface area contributed by atoms with Crippen molar-refractivity contribution in [2.24, 2.45) is 0 Å². The SMILES string of the molecule is Nc1nc(N)c2cc(Br)sc2n1. The van der Waals surface area contributed by atoms with Crippen LogP contribution >= 0.6 is 27.3 Å². The van der Waals surface area contributed by atoms with E-state index in [4.69, 9.17) is 11.5 Å². The predicted octanol–water partition coefficient (Wildman–Crippen LogP) is 1.62. The van der Waals surface area contributed by atoms with E-state index in [2.05, 4.69) is 25.9 Å². The third-order valence-electron chi connectivity index (χ3n) is 1.41. The highest BCUT2D eigenvalue weighted by molar-refractivity contribution is 9.11. The molecule has 62 valence electrons. The van der Waals surface area contributed by atoms with E-state index in [9.17, 15) is 0 Å². The molecule has 0 saturated heterocycles. The summed E-state index contributed by atoms with van der Waals surface area (Å²) in [5, 5.41) is 0.848. The standard InChI is InChI=1S/C6H5BrN4S/c7-3-1-2-4(8)10-6(9)11-5(2)12-3/h1H,(H4,8,9,10,11). The van der Waals surface area contributed by atoms with E-state index in [1.807, 2.05) is 6.07 Å². The summed E-state index contributed by atoms with van der Waals surface area (Å²) in [5.74, 6) is 0.647. The molecule has 0 aliphatic rings. The van der Waals surface area contributed by atoms with E-state index in [-0.39, 0.29) is 5.95 Å². The topological polar surface area (TPSA) is 77.8 Å². The number of hydrogen-bond acceptors (Lipinski definition) is 5. The molecule has 2 heterocycles. The quantitative estimate of drug-likeness (QED) is 0.739. The first-order valence-electron chi connectivity index (χ1n) is 3.15. The van der Waals surface area contributed by atoms with Crippen molar-refractivity contribution in [3.63, 3.8) is 0 Å². The number of anilines is 2. The second kappa shape index (κ2) is 2.56. The van der Waals surface area contributed by atoms with Crippen LogP contribution in [0.4, 0.5) is 11.8 Å². The maximum absolute atomic E-state index is 5.63. The van der Waals surface area contributed by atoms with Gasteiger partial charge in [-0.1, -0.05) is 0 Å². The predicted molar refractivity (Wildman–Crippen MR) is 53.9 cm³/mol. The molecule has 0 aliphatic heterocycles. The van der Waals surface area contributed by atoms with Crippen LogP contribution in [-0.4, -0.2) is 9.97 Å². The summed E-state index contributed by atoms with van der Waals surface area (Å²) in [5.41, 5.74) is 11.0. The number of aromatic nitrogens is 2. The van der Waals surface area contributed by atoms with Crippen molar-refractivity contribution in [3.05, 3.63) is 9.85 Å². The van der Waals surface area contributed by atoms with Crippen LogP contribution in [0.1, 0.15) is 0 Å². The Bertz CT molecular complexity index is 438. The highest BCUT2D eigenvalue weighted by atomic mass is 79.9. The highest BCUT2D eigenvalue weighted by Crippen LogP contribution is 2.31. The maximum Gasteiger partial charge on any atom is 0.223 e. The number of nitrogen functional groups attached to an aromatic ring is 2. The van der Waals surface area contributed by atoms with Gasteiger partial charge in [-0.25, -0.2) is 4.98 Å². The van der Waals surface area contributed by atoms with Crippen LogP contribution in [0.25, 0.3) is 10.2 Å². The van der Waals surface area contributed by atoms with Crippen LogP contribution < -0.4 is 11.5 Å². The number of nitrogens with zero attached hydrogens (tertiary/aromatic N) is 2. The van der Waals surface area contributed by atoms with Crippen LogP contribution in [0.15, 0.2) is 9.85 Å². The molecule has 0 fully saturated rings. The van der Waals surface area contributed by atoms with Crippen LogP contribution in [0.2, 0.25) is 0 Å². The smallest absolute Gasteiger partial charge is 0.223 e. The second-order valence-corrected chi connectivity index (χ2v) is 4.65. The van der Waals surface area contributed by atoms with Gasteiger partial charge >= 0.3 is 0 Å². The Morgan fingerprint density at radius 2 is 2.08 bits per heavy atom. The first kappa shape index (κ1) is 7.75. The van der Waals surface area contributed by atoms with Crippen LogP contribution in [0.3, 0.4) is 0 Å². The molecule has 4 N–H and O–H groups in total. The minimum absolute atomic E-state index is 0.217. The minimum atomic E-state index is 0.217. The Labute approximate surface area is 80.7 Å². The summed E-state index contributed by atoms with van der Waals surface area (Å²) in [6, 6.07) is 1.88. The molecule has 0 radical (unpaired) electrons. The molecule has 0 unspecified atom stereocenters. The average molecular weight is 245 g/mol. The summed E-state index contributed by atoms with van der Waals surface area (Å²) >= 11 is 4.82. The minimum Gasteiger partial charge on any atom is -0.383 e. The molecule has 2 rings (SSSR count). The fourth-order valence-corrected chi connectivity index (χ4v) is 2.39. The molecular formula is C6H5BrN4S. The number of rotatable bonds is 0. The summed E-state index contributed by atoms with van der Waals surface area (Å²) in [4.78, 5) is 8.69. The first-order valence-corrected chi connectivity index (χ1v) is 4.76. The van der Waals surface area contributed by atoms with Gasteiger partial charge in [-0.3, -0.25) is 0 Å². The van der Waals surface area contributed by atoms with Crippen LogP contribution in [0.5, 0.6) is 0 Å². The number of hydrogen-bond donors (Lipinski definition) is 2. The zero-order valence-electron chi connectivity index (χ0n) is 5.91. The largest absolute Gasteiger partial charge is 0.383 e. The first-order chi connectivity index (χ1) is 5.66. The van der Waals surface area contributed by atoms with Crippen molar-refractivity contribution in [1.29, 1.82) is 0 Å². The van der Waals surface area contributed by atoms with Crippen molar-refractivity contribution in [2.45, 2.75) is 0 Å². The van der Waals surface area contributed by atoms with E-state index in [0.29, 0.717) is 5.82 Å². The van der Waals surface area contributed by atoms with Gasteiger partial charge in [0.2, 0.25) is 5.95 Å². The molecule has 12 heavy (non-hydrogen) atoms. The van der Waals surface area contributed by atoms with Gasteiger partial charge < -0.3 is 11.5 Å². The fraction of sp³-hybridized carbons (Fsp3) is 0. The van der Waals surface area contributed by atoms with Crippen molar-refractivity contribution in [3.8, 4) is 0 Å². The van der Waals surface area contributed by atoms with Gasteiger partial charge in [0, 0.05) is 0 Å². The Kier molecular flexibility index (Phi) is 1.66. The normalized spacial score (nSPS) is 10.8. The Morgan fingerprint density at radius 3 is 2.83 bits per heavy atom. The second-order valence-electron chi connectivity index (χ2n) is 2.24. The van der Waals surface area contributed by atoms with Crippen molar-refractivity contribution in [1.82, 2.24) is 9.97 Å². The van der Waals surface area contributed by atoms with Gasteiger partial charge in [0.05, 0.1) is 9.17 Å². The molecule has 6 heteroatoms. The van der Waals surface area contributed by atoms with E-state index in [1.54, 1.807) is 0 Å². The molecule has 0 aromatic carbocycles. The molecule has 4 nitrogen and oxygen atoms in total. The number of nitrogens with two attached hydrogens (primary N) is 2. The number of fused-ring (bicyclic) bond motifs is 1. The lowest BCUT2D eigenvalue weighted by molar-refractivity contribution is 1.26. The van der Waals surface area contributed by atoms with Crippen LogP contribution in [0, 0.1) is 0 Å². The zero-order valence-corrected chi connectivity index (χ0v) is 8.32. The lowest BCUT2D eigenvalue weighted by atomic mass is 10.4. The Hall–Kier alpha value is -0.880. The Balaban J connectivity index is 2.88. The summed E-state index contributed by atoms with van der Waals surface area (Å²) in [6.07, 6.45) is 0. The van der Waals surface area contributed by atoms with Crippen LogP contribution in [-0.2, 0) is 0 Å². The molecule has 0 spiro atoms. The molecule has 0 amide bonds. The molecular weight excluding hydrogens is 240 g/mol. The summed E-state index contributed by atoms with van der Waals surface area (Å²) < 4.78 is 0.976. The van der Waals surface area contributed by atoms with E-state index in [0.717, 1.165) is 14.0 Å². The van der Waals surface area contributed by atoms with Crippen molar-refractivity contribution in [2.75, 3.05) is 11.5 Å². The molecule has 0 bridgehead atoms. The number of thiophene rings is 1. The summed E-state index contributed by atoms with van der Waals surface area (Å²) in [7, 11) is 0. The summed E-state index contributed by atoms with van der Waals surface area (Å²) in [6.45, 7) is 0. The fourth-order valence-electron chi connectivity index (χ4n) is 0.931. The average Bonchev–Trinajstić information content (AvgIpc) is 2.29. The Morgan fingerprint density at radius 1 is 1.33 bits per heavy atom. The third-order valence-corrected chi connectivity index (χ3v) is 2.94. The van der Waals surface area contributed by atoms with Crippen molar-refractivity contribution >= 4 is 49.2 Å². The van der Waals surface area contributed by atoms with Gasteiger partial charge in [-0.15, -0.1) is 11.3 Å². The van der Waals surface area contributed by atoms with E-state index in [1.165, 1.54) is 11.3 Å². The van der Waals surface area contributed by atoms with Gasteiger partial charge in [-0.2, -0.15) is 4.98 Å². The maximum atomic E-state index is 5.63. The molecule has 2 aromatic rings. The number of halogens is 1. The lowest BCUT2D eigenvalue weighted by Gasteiger charge is -1.94. The van der Waals surface area contributed by atoms with Gasteiger partial charge in [0.1, 0.15) is 10.6 Å².